The molecule has 3 aromatic carbocycles. The van der Waals surface area contributed by atoms with Crippen LogP contribution in [0.5, 0.6) is 0 Å². The highest BCUT2D eigenvalue weighted by Gasteiger charge is 2.12. The molecule has 0 fully saturated rings. The van der Waals surface area contributed by atoms with E-state index < -0.39 is 0 Å². The Morgan fingerprint density at radius 1 is 1.04 bits per heavy atom. The lowest BCUT2D eigenvalue weighted by atomic mass is 10.0. The fourth-order valence-electron chi connectivity index (χ4n) is 3.04. The molecular weight excluding hydrogens is 354 g/mol. The predicted molar refractivity (Wildman–Crippen MR) is 116 cm³/mol. The van der Waals surface area contributed by atoms with E-state index in [1.165, 1.54) is 16.3 Å². The number of nitrogens with zero attached hydrogens (tertiary/aromatic N) is 1. The van der Waals surface area contributed by atoms with Crippen molar-refractivity contribution >= 4 is 39.6 Å². The summed E-state index contributed by atoms with van der Waals surface area (Å²) in [7, 11) is 0. The van der Waals surface area contributed by atoms with Crippen LogP contribution in [0.3, 0.4) is 0 Å². The van der Waals surface area contributed by atoms with Crippen LogP contribution < -0.4 is 11.1 Å². The molecule has 4 nitrogen and oxygen atoms in total. The number of nitrogens with one attached hydrogen (secondary N) is 1. The lowest BCUT2D eigenvalue weighted by Gasteiger charge is -2.26. The lowest BCUT2D eigenvalue weighted by Crippen LogP contribution is -2.37. The van der Waals surface area contributed by atoms with Gasteiger partial charge in [0.05, 0.1) is 0 Å². The molecule has 0 spiro atoms. The van der Waals surface area contributed by atoms with E-state index in [9.17, 15) is 4.79 Å². The van der Waals surface area contributed by atoms with Crippen molar-refractivity contribution < 1.29 is 4.79 Å². The highest BCUT2D eigenvalue weighted by atomic mass is 32.1. The molecule has 5 heteroatoms. The summed E-state index contributed by atoms with van der Waals surface area (Å²) in [4.78, 5) is 13.5. The number of hydrogen-bond acceptors (Lipinski definition) is 3. The summed E-state index contributed by atoms with van der Waals surface area (Å²) in [5.41, 5.74) is 8.55. The Morgan fingerprint density at radius 2 is 1.74 bits per heavy atom. The molecule has 0 aliphatic carbocycles. The second kappa shape index (κ2) is 8.75. The Bertz CT molecular complexity index is 948. The van der Waals surface area contributed by atoms with Crippen molar-refractivity contribution in [2.24, 2.45) is 5.73 Å². The molecule has 0 aromatic heterocycles. The van der Waals surface area contributed by atoms with Crippen molar-refractivity contribution in [2.45, 2.75) is 13.5 Å². The molecule has 0 heterocycles. The van der Waals surface area contributed by atoms with E-state index in [1.807, 2.05) is 24.3 Å². The number of carbonyl (C=O) groups is 1. The molecule has 0 saturated heterocycles. The molecule has 0 aliphatic rings. The smallest absolute Gasteiger partial charge is 0.173 e. The van der Waals surface area contributed by atoms with Crippen molar-refractivity contribution in [1.29, 1.82) is 0 Å². The van der Waals surface area contributed by atoms with Gasteiger partial charge in [0.25, 0.3) is 0 Å². The van der Waals surface area contributed by atoms with Gasteiger partial charge in [-0.15, -0.1) is 0 Å². The fraction of sp³-hybridized carbons (Fsp3) is 0.182. The minimum atomic E-state index is 0.0461. The van der Waals surface area contributed by atoms with Crippen LogP contribution in [0.4, 0.5) is 5.69 Å². The number of nitrogens with two attached hydrogens (primary N) is 1. The Balaban J connectivity index is 1.78. The second-order valence-corrected chi connectivity index (χ2v) is 6.80. The summed E-state index contributed by atoms with van der Waals surface area (Å²) in [5, 5.41) is 6.29. The first-order valence-corrected chi connectivity index (χ1v) is 9.33. The van der Waals surface area contributed by atoms with E-state index in [0.29, 0.717) is 30.3 Å². The Kier molecular flexibility index (Phi) is 6.16. The zero-order chi connectivity index (χ0) is 19.2. The Hall–Kier alpha value is -2.76. The number of fused-ring (bicyclic) bond motifs is 1. The minimum absolute atomic E-state index is 0.0461. The first-order chi connectivity index (χ1) is 13.1. The standard InChI is InChI=1S/C22H23N3OS/c1-16(26)17-9-11-20(12-10-17)24-22(27)25(14-13-23)15-19-7-4-6-18-5-2-3-8-21(18)19/h2-12H,13-15,23H2,1H3,(H,24,27). The average Bonchev–Trinajstić information content (AvgIpc) is 2.68. The zero-order valence-corrected chi connectivity index (χ0v) is 16.1. The van der Waals surface area contributed by atoms with Crippen molar-refractivity contribution in [1.82, 2.24) is 4.90 Å². The van der Waals surface area contributed by atoms with Gasteiger partial charge in [0, 0.05) is 30.9 Å². The maximum absolute atomic E-state index is 11.4. The summed E-state index contributed by atoms with van der Waals surface area (Å²) in [6, 6.07) is 21.9. The number of Topliss-reactive ketones (excluding diaryl/α,β-unsaturated/α-hetero) is 1. The number of anilines is 1. The molecule has 3 N–H and O–H groups in total. The molecule has 0 bridgehead atoms. The molecule has 27 heavy (non-hydrogen) atoms. The van der Waals surface area contributed by atoms with Crippen LogP contribution in [0.25, 0.3) is 10.8 Å². The van der Waals surface area contributed by atoms with Gasteiger partial charge in [-0.3, -0.25) is 4.79 Å². The van der Waals surface area contributed by atoms with Crippen molar-refractivity contribution in [3.63, 3.8) is 0 Å². The fourth-order valence-corrected chi connectivity index (χ4v) is 3.31. The number of ketones is 1. The molecule has 0 aliphatic heterocycles. The van der Waals surface area contributed by atoms with Crippen LogP contribution in [0.1, 0.15) is 22.8 Å². The molecule has 0 amide bonds. The van der Waals surface area contributed by atoms with Crippen LogP contribution >= 0.6 is 12.2 Å². The first-order valence-electron chi connectivity index (χ1n) is 8.92. The van der Waals surface area contributed by atoms with Crippen LogP contribution in [-0.2, 0) is 6.54 Å². The van der Waals surface area contributed by atoms with Crippen molar-refractivity contribution in [3.8, 4) is 0 Å². The summed E-state index contributed by atoms with van der Waals surface area (Å²) in [6.07, 6.45) is 0. The van der Waals surface area contributed by atoms with Gasteiger partial charge < -0.3 is 16.0 Å². The zero-order valence-electron chi connectivity index (χ0n) is 15.3. The third kappa shape index (κ3) is 4.70. The summed E-state index contributed by atoms with van der Waals surface area (Å²) in [5.74, 6) is 0.0461. The highest BCUT2D eigenvalue weighted by Crippen LogP contribution is 2.20. The van der Waals surface area contributed by atoms with Gasteiger partial charge in [-0.1, -0.05) is 42.5 Å². The largest absolute Gasteiger partial charge is 0.343 e. The summed E-state index contributed by atoms with van der Waals surface area (Å²) >= 11 is 5.62. The highest BCUT2D eigenvalue weighted by molar-refractivity contribution is 7.80. The van der Waals surface area contributed by atoms with Crippen LogP contribution in [0, 0.1) is 0 Å². The molecule has 0 unspecified atom stereocenters. The van der Waals surface area contributed by atoms with Gasteiger partial charge in [0.15, 0.2) is 10.9 Å². The van der Waals surface area contributed by atoms with Crippen molar-refractivity contribution in [2.75, 3.05) is 18.4 Å². The SMILES string of the molecule is CC(=O)c1ccc(NC(=S)N(CCN)Cc2cccc3ccccc23)cc1. The maximum Gasteiger partial charge on any atom is 0.173 e. The van der Waals surface area contributed by atoms with E-state index in [4.69, 9.17) is 18.0 Å². The van der Waals surface area contributed by atoms with Gasteiger partial charge in [0.1, 0.15) is 0 Å². The topological polar surface area (TPSA) is 58.4 Å². The van der Waals surface area contributed by atoms with E-state index in [2.05, 4.69) is 40.5 Å². The quantitative estimate of drug-likeness (QED) is 0.498. The van der Waals surface area contributed by atoms with E-state index in [-0.39, 0.29) is 5.78 Å². The molecule has 0 radical (unpaired) electrons. The van der Waals surface area contributed by atoms with Gasteiger partial charge in [-0.25, -0.2) is 0 Å². The number of thiocarbonyl (C=S) groups is 1. The molecule has 0 atom stereocenters. The number of carbonyl (C=O) groups excluding carboxylic acids is 1. The average molecular weight is 378 g/mol. The minimum Gasteiger partial charge on any atom is -0.343 e. The predicted octanol–water partition coefficient (Wildman–Crippen LogP) is 4.20. The third-order valence-electron chi connectivity index (χ3n) is 4.47. The van der Waals surface area contributed by atoms with Gasteiger partial charge in [-0.05, 0) is 59.7 Å². The summed E-state index contributed by atoms with van der Waals surface area (Å²) < 4.78 is 0. The Labute approximate surface area is 165 Å². The van der Waals surface area contributed by atoms with E-state index in [1.54, 1.807) is 19.1 Å². The molecule has 0 saturated carbocycles. The lowest BCUT2D eigenvalue weighted by molar-refractivity contribution is 0.101. The summed E-state index contributed by atoms with van der Waals surface area (Å²) in [6.45, 7) is 3.40. The van der Waals surface area contributed by atoms with Gasteiger partial charge in [0.2, 0.25) is 0 Å². The van der Waals surface area contributed by atoms with Crippen LogP contribution in [0.15, 0.2) is 66.7 Å². The number of benzene rings is 3. The molecule has 3 rings (SSSR count). The molecule has 3 aromatic rings. The number of hydrogen-bond donors (Lipinski definition) is 2. The van der Waals surface area contributed by atoms with Gasteiger partial charge >= 0.3 is 0 Å². The monoisotopic (exact) mass is 377 g/mol. The van der Waals surface area contributed by atoms with Crippen LogP contribution in [0.2, 0.25) is 0 Å². The van der Waals surface area contributed by atoms with Crippen LogP contribution in [-0.4, -0.2) is 28.9 Å². The van der Waals surface area contributed by atoms with E-state index in [0.717, 1.165) is 5.69 Å². The molecular formula is C22H23N3OS. The Morgan fingerprint density at radius 3 is 2.44 bits per heavy atom. The van der Waals surface area contributed by atoms with Gasteiger partial charge in [-0.2, -0.15) is 0 Å². The van der Waals surface area contributed by atoms with Crippen molar-refractivity contribution in [3.05, 3.63) is 77.9 Å². The third-order valence-corrected chi connectivity index (χ3v) is 4.83. The maximum atomic E-state index is 11.4. The second-order valence-electron chi connectivity index (χ2n) is 6.41. The first kappa shape index (κ1) is 19.0. The normalized spacial score (nSPS) is 10.6. The van der Waals surface area contributed by atoms with E-state index >= 15 is 0 Å². The number of rotatable bonds is 6. The molecule has 138 valence electrons.